The van der Waals surface area contributed by atoms with Crippen molar-refractivity contribution >= 4 is 22.9 Å². The molecule has 102 valence electrons. The van der Waals surface area contributed by atoms with Gasteiger partial charge in [0.25, 0.3) is 5.91 Å². The fourth-order valence-corrected chi connectivity index (χ4v) is 2.52. The first kappa shape index (κ1) is 13.6. The largest absolute Gasteiger partial charge is 0.395 e. The molecule has 1 amide bonds. The SMILES string of the molecule is CC(C)c1[nH]nc(C(=O)NCCc2ccsc2)c1N. The molecule has 2 rings (SSSR count). The van der Waals surface area contributed by atoms with E-state index in [1.807, 2.05) is 19.2 Å². The van der Waals surface area contributed by atoms with E-state index in [1.165, 1.54) is 5.56 Å². The quantitative estimate of drug-likeness (QED) is 0.783. The van der Waals surface area contributed by atoms with Crippen LogP contribution in [-0.4, -0.2) is 22.6 Å². The van der Waals surface area contributed by atoms with Crippen molar-refractivity contribution in [2.24, 2.45) is 0 Å². The highest BCUT2D eigenvalue weighted by Crippen LogP contribution is 2.21. The Balaban J connectivity index is 1.93. The first-order valence-electron chi connectivity index (χ1n) is 6.22. The molecule has 4 N–H and O–H groups in total. The molecule has 0 bridgehead atoms. The molecular weight excluding hydrogens is 260 g/mol. The zero-order chi connectivity index (χ0) is 13.8. The Morgan fingerprint density at radius 1 is 1.58 bits per heavy atom. The Morgan fingerprint density at radius 3 is 2.95 bits per heavy atom. The van der Waals surface area contributed by atoms with Crippen LogP contribution >= 0.6 is 11.3 Å². The van der Waals surface area contributed by atoms with Crippen LogP contribution in [0, 0.1) is 0 Å². The van der Waals surface area contributed by atoms with E-state index in [9.17, 15) is 4.79 Å². The van der Waals surface area contributed by atoms with Crippen LogP contribution in [0.4, 0.5) is 5.69 Å². The highest BCUT2D eigenvalue weighted by Gasteiger charge is 2.18. The number of thiophene rings is 1. The van der Waals surface area contributed by atoms with Gasteiger partial charge in [-0.1, -0.05) is 13.8 Å². The number of nitrogens with one attached hydrogen (secondary N) is 2. The Labute approximate surface area is 116 Å². The number of anilines is 1. The van der Waals surface area contributed by atoms with Crippen molar-refractivity contribution in [2.75, 3.05) is 12.3 Å². The zero-order valence-corrected chi connectivity index (χ0v) is 11.9. The smallest absolute Gasteiger partial charge is 0.273 e. The maximum absolute atomic E-state index is 12.0. The van der Waals surface area contributed by atoms with E-state index >= 15 is 0 Å². The topological polar surface area (TPSA) is 83.8 Å². The third-order valence-corrected chi connectivity index (χ3v) is 3.64. The number of nitrogens with zero attached hydrogens (tertiary/aromatic N) is 1. The highest BCUT2D eigenvalue weighted by molar-refractivity contribution is 7.07. The number of hydrogen-bond acceptors (Lipinski definition) is 4. The van der Waals surface area contributed by atoms with E-state index in [1.54, 1.807) is 11.3 Å². The van der Waals surface area contributed by atoms with Gasteiger partial charge >= 0.3 is 0 Å². The van der Waals surface area contributed by atoms with Gasteiger partial charge in [0.1, 0.15) is 0 Å². The van der Waals surface area contributed by atoms with Gasteiger partial charge in [0, 0.05) is 6.54 Å². The number of carbonyl (C=O) groups is 1. The van der Waals surface area contributed by atoms with E-state index < -0.39 is 0 Å². The number of nitrogens with two attached hydrogens (primary N) is 1. The van der Waals surface area contributed by atoms with Gasteiger partial charge in [0.2, 0.25) is 0 Å². The molecule has 19 heavy (non-hydrogen) atoms. The molecule has 0 atom stereocenters. The molecule has 0 aliphatic rings. The van der Waals surface area contributed by atoms with Gasteiger partial charge in [0.15, 0.2) is 5.69 Å². The molecule has 0 aromatic carbocycles. The van der Waals surface area contributed by atoms with Crippen LogP contribution in [0.2, 0.25) is 0 Å². The summed E-state index contributed by atoms with van der Waals surface area (Å²) >= 11 is 1.65. The lowest BCUT2D eigenvalue weighted by atomic mass is 10.1. The van der Waals surface area contributed by atoms with E-state index in [4.69, 9.17) is 5.73 Å². The average Bonchev–Trinajstić information content (AvgIpc) is 2.98. The van der Waals surface area contributed by atoms with Crippen LogP contribution in [0.15, 0.2) is 16.8 Å². The fraction of sp³-hybridized carbons (Fsp3) is 0.385. The van der Waals surface area contributed by atoms with Crippen LogP contribution in [0.1, 0.15) is 41.5 Å². The predicted octanol–water partition coefficient (Wildman–Crippen LogP) is 2.15. The van der Waals surface area contributed by atoms with Crippen LogP contribution in [0.5, 0.6) is 0 Å². The Hall–Kier alpha value is -1.82. The van der Waals surface area contributed by atoms with Crippen molar-refractivity contribution in [2.45, 2.75) is 26.2 Å². The summed E-state index contributed by atoms with van der Waals surface area (Å²) in [6, 6.07) is 2.05. The van der Waals surface area contributed by atoms with Crippen LogP contribution in [0.3, 0.4) is 0 Å². The second-order valence-corrected chi connectivity index (χ2v) is 5.47. The normalized spacial score (nSPS) is 10.9. The van der Waals surface area contributed by atoms with E-state index in [2.05, 4.69) is 27.0 Å². The third-order valence-electron chi connectivity index (χ3n) is 2.91. The molecule has 0 spiro atoms. The minimum absolute atomic E-state index is 0.222. The van der Waals surface area contributed by atoms with Crippen molar-refractivity contribution in [1.29, 1.82) is 0 Å². The molecule has 2 heterocycles. The predicted molar refractivity (Wildman–Crippen MR) is 77.4 cm³/mol. The molecule has 2 aromatic rings. The minimum atomic E-state index is -0.226. The minimum Gasteiger partial charge on any atom is -0.395 e. The standard InChI is InChI=1S/C13H18N4OS/c1-8(2)11-10(14)12(17-16-11)13(18)15-5-3-9-4-6-19-7-9/h4,6-8H,3,5,14H2,1-2H3,(H,15,18)(H,16,17). The summed E-state index contributed by atoms with van der Waals surface area (Å²) in [5.41, 5.74) is 8.69. The number of aromatic nitrogens is 2. The molecule has 0 radical (unpaired) electrons. The van der Waals surface area contributed by atoms with Gasteiger partial charge in [-0.2, -0.15) is 16.4 Å². The van der Waals surface area contributed by atoms with Crippen molar-refractivity contribution in [3.63, 3.8) is 0 Å². The average molecular weight is 278 g/mol. The molecule has 0 aliphatic heterocycles. The lowest BCUT2D eigenvalue weighted by Gasteiger charge is -2.04. The second kappa shape index (κ2) is 5.88. The number of amides is 1. The third kappa shape index (κ3) is 3.14. The summed E-state index contributed by atoms with van der Waals surface area (Å²) < 4.78 is 0. The van der Waals surface area contributed by atoms with Gasteiger partial charge in [0.05, 0.1) is 11.4 Å². The molecule has 0 saturated heterocycles. The van der Waals surface area contributed by atoms with E-state index in [0.29, 0.717) is 12.2 Å². The van der Waals surface area contributed by atoms with Crippen LogP contribution < -0.4 is 11.1 Å². The Kier molecular flexibility index (Phi) is 4.21. The molecular formula is C13H18N4OS. The first-order chi connectivity index (χ1) is 9.09. The molecule has 0 unspecified atom stereocenters. The number of rotatable bonds is 5. The lowest BCUT2D eigenvalue weighted by molar-refractivity contribution is 0.0950. The monoisotopic (exact) mass is 278 g/mol. The summed E-state index contributed by atoms with van der Waals surface area (Å²) in [6.07, 6.45) is 0.816. The summed E-state index contributed by atoms with van der Waals surface area (Å²) in [5, 5.41) is 13.8. The summed E-state index contributed by atoms with van der Waals surface area (Å²) in [7, 11) is 0. The summed E-state index contributed by atoms with van der Waals surface area (Å²) in [5.74, 6) is -0.00395. The molecule has 0 saturated carbocycles. The van der Waals surface area contributed by atoms with Crippen molar-refractivity contribution in [3.8, 4) is 0 Å². The summed E-state index contributed by atoms with van der Waals surface area (Å²) in [4.78, 5) is 12.0. The molecule has 5 nitrogen and oxygen atoms in total. The van der Waals surface area contributed by atoms with Gasteiger partial charge in [-0.05, 0) is 34.7 Å². The van der Waals surface area contributed by atoms with Crippen LogP contribution in [0.25, 0.3) is 0 Å². The van der Waals surface area contributed by atoms with Gasteiger partial charge < -0.3 is 11.1 Å². The second-order valence-electron chi connectivity index (χ2n) is 4.69. The highest BCUT2D eigenvalue weighted by atomic mass is 32.1. The van der Waals surface area contributed by atoms with Crippen molar-refractivity contribution in [1.82, 2.24) is 15.5 Å². The zero-order valence-electron chi connectivity index (χ0n) is 11.1. The lowest BCUT2D eigenvalue weighted by Crippen LogP contribution is -2.26. The maximum atomic E-state index is 12.0. The van der Waals surface area contributed by atoms with E-state index in [0.717, 1.165) is 12.1 Å². The van der Waals surface area contributed by atoms with Crippen molar-refractivity contribution < 1.29 is 4.79 Å². The number of aromatic amines is 1. The number of H-pyrrole nitrogens is 1. The maximum Gasteiger partial charge on any atom is 0.273 e. The summed E-state index contributed by atoms with van der Waals surface area (Å²) in [6.45, 7) is 4.59. The van der Waals surface area contributed by atoms with E-state index in [-0.39, 0.29) is 17.5 Å². The van der Waals surface area contributed by atoms with Crippen LogP contribution in [-0.2, 0) is 6.42 Å². The van der Waals surface area contributed by atoms with Gasteiger partial charge in [-0.3, -0.25) is 9.89 Å². The number of hydrogen-bond donors (Lipinski definition) is 3. The number of carbonyl (C=O) groups excluding carboxylic acids is 1. The molecule has 6 heteroatoms. The molecule has 2 aromatic heterocycles. The van der Waals surface area contributed by atoms with Crippen molar-refractivity contribution in [3.05, 3.63) is 33.8 Å². The Bertz CT molecular complexity index is 545. The molecule has 0 aliphatic carbocycles. The first-order valence-corrected chi connectivity index (χ1v) is 7.17. The fourth-order valence-electron chi connectivity index (χ4n) is 1.82. The molecule has 0 fully saturated rings. The van der Waals surface area contributed by atoms with Gasteiger partial charge in [-0.15, -0.1) is 0 Å². The Morgan fingerprint density at radius 2 is 2.37 bits per heavy atom. The van der Waals surface area contributed by atoms with Gasteiger partial charge in [-0.25, -0.2) is 0 Å². The number of nitrogen functional groups attached to an aromatic ring is 1.